The van der Waals surface area contributed by atoms with Crippen LogP contribution >= 0.6 is 11.6 Å². The molecule has 1 fully saturated rings. The zero-order chi connectivity index (χ0) is 18.5. The molecule has 1 atom stereocenters. The molecule has 3 heterocycles. The highest BCUT2D eigenvalue weighted by atomic mass is 35.5. The minimum absolute atomic E-state index is 0.0152. The number of aromatic nitrogens is 2. The third kappa shape index (κ3) is 4.16. The number of likely N-dealkylation sites (tertiary alicyclic amines) is 1. The molecule has 2 aromatic heterocycles. The molecular formula is C18H22ClN5O2. The first-order chi connectivity index (χ1) is 12.6. The van der Waals surface area contributed by atoms with E-state index in [0.29, 0.717) is 18.8 Å². The number of amides is 1. The molecule has 1 aliphatic heterocycles. The fourth-order valence-corrected chi connectivity index (χ4v) is 3.30. The normalized spacial score (nSPS) is 17.0. The van der Waals surface area contributed by atoms with Crippen molar-refractivity contribution < 1.29 is 4.79 Å². The number of carbonyl (C=O) groups is 1. The number of pyridine rings is 2. The maximum atomic E-state index is 12.2. The Bertz CT molecular complexity index is 838. The molecule has 0 saturated carbocycles. The lowest BCUT2D eigenvalue weighted by atomic mass is 10.0. The zero-order valence-corrected chi connectivity index (χ0v) is 15.3. The number of piperidine rings is 1. The lowest BCUT2D eigenvalue weighted by molar-refractivity contribution is -0.129. The van der Waals surface area contributed by atoms with Crippen LogP contribution < -0.4 is 16.2 Å². The van der Waals surface area contributed by atoms with Gasteiger partial charge in [-0.05, 0) is 36.6 Å². The summed E-state index contributed by atoms with van der Waals surface area (Å²) in [7, 11) is 1.81. The molecule has 3 rings (SSSR count). The predicted octanol–water partition coefficient (Wildman–Crippen LogP) is 2.12. The van der Waals surface area contributed by atoms with E-state index in [0.717, 1.165) is 29.8 Å². The van der Waals surface area contributed by atoms with Crippen molar-refractivity contribution in [2.75, 3.05) is 36.7 Å². The minimum Gasteiger partial charge on any atom is -0.376 e. The summed E-state index contributed by atoms with van der Waals surface area (Å²) in [4.78, 5) is 32.8. The van der Waals surface area contributed by atoms with Gasteiger partial charge in [0.1, 0.15) is 17.4 Å². The average Bonchev–Trinajstić information content (AvgIpc) is 2.69. The van der Waals surface area contributed by atoms with Crippen LogP contribution in [0.1, 0.15) is 12.8 Å². The van der Waals surface area contributed by atoms with Crippen LogP contribution in [-0.4, -0.2) is 52.8 Å². The van der Waals surface area contributed by atoms with Gasteiger partial charge in [0, 0.05) is 44.1 Å². The van der Waals surface area contributed by atoms with Crippen LogP contribution in [0.15, 0.2) is 35.4 Å². The Morgan fingerprint density at radius 2 is 2.27 bits per heavy atom. The topological polar surface area (TPSA) is 90.1 Å². The van der Waals surface area contributed by atoms with Crippen molar-refractivity contribution in [1.82, 2.24) is 14.9 Å². The van der Waals surface area contributed by atoms with Crippen LogP contribution in [0.5, 0.6) is 0 Å². The molecule has 0 bridgehead atoms. The van der Waals surface area contributed by atoms with Gasteiger partial charge in [-0.25, -0.2) is 4.98 Å². The Labute approximate surface area is 156 Å². The van der Waals surface area contributed by atoms with Gasteiger partial charge in [-0.2, -0.15) is 0 Å². The summed E-state index contributed by atoms with van der Waals surface area (Å²) in [6.07, 6.45) is 5.19. The fraction of sp³-hybridized carbons (Fsp3) is 0.389. The van der Waals surface area contributed by atoms with Crippen molar-refractivity contribution in [2.45, 2.75) is 18.9 Å². The van der Waals surface area contributed by atoms with Gasteiger partial charge < -0.3 is 20.5 Å². The highest BCUT2D eigenvalue weighted by Gasteiger charge is 2.23. The summed E-state index contributed by atoms with van der Waals surface area (Å²) < 4.78 is 0. The van der Waals surface area contributed by atoms with Crippen LogP contribution in [0, 0.1) is 0 Å². The summed E-state index contributed by atoms with van der Waals surface area (Å²) in [6.45, 7) is 1.26. The number of nitrogens with one attached hydrogen (secondary N) is 3. The molecular weight excluding hydrogens is 354 g/mol. The molecule has 0 spiro atoms. The molecule has 8 heteroatoms. The van der Waals surface area contributed by atoms with Crippen LogP contribution in [0.4, 0.5) is 11.5 Å². The second kappa shape index (κ2) is 8.23. The summed E-state index contributed by atoms with van der Waals surface area (Å²) in [5.74, 6) is 0.668. The first kappa shape index (κ1) is 18.3. The van der Waals surface area contributed by atoms with E-state index in [2.05, 4.69) is 20.6 Å². The van der Waals surface area contributed by atoms with Gasteiger partial charge in [-0.3, -0.25) is 9.59 Å². The second-order valence-corrected chi connectivity index (χ2v) is 6.54. The van der Waals surface area contributed by atoms with Gasteiger partial charge in [-0.15, -0.1) is 11.6 Å². The Balaban J connectivity index is 1.80. The number of hydrogen-bond acceptors (Lipinski definition) is 5. The molecule has 3 N–H and O–H groups in total. The van der Waals surface area contributed by atoms with Crippen molar-refractivity contribution >= 4 is 29.0 Å². The Morgan fingerprint density at radius 3 is 3.04 bits per heavy atom. The van der Waals surface area contributed by atoms with Gasteiger partial charge in [-0.1, -0.05) is 0 Å². The smallest absolute Gasteiger partial charge is 0.271 e. The maximum Gasteiger partial charge on any atom is 0.271 e. The van der Waals surface area contributed by atoms with Crippen molar-refractivity contribution in [3.63, 3.8) is 0 Å². The Kier molecular flexibility index (Phi) is 5.78. The number of carbonyl (C=O) groups excluding carboxylic acids is 1. The van der Waals surface area contributed by atoms with Crippen LogP contribution in [0.2, 0.25) is 0 Å². The SMILES string of the molecule is CNc1cc(-c2c[nH]c(=O)c(NC3CCCN(C(=O)CCl)C3)c2)ccn1. The molecule has 138 valence electrons. The standard InChI is InChI=1S/C18H22ClN5O2/c1-20-16-8-12(4-5-21-16)13-7-15(18(26)22-10-13)23-14-3-2-6-24(11-14)17(25)9-19/h4-5,7-8,10,14,23H,2-3,6,9,11H2,1H3,(H,20,21)(H,22,26). The molecule has 0 radical (unpaired) electrons. The largest absolute Gasteiger partial charge is 0.376 e. The van der Waals surface area contributed by atoms with Crippen LogP contribution in [0.25, 0.3) is 11.1 Å². The number of anilines is 2. The molecule has 2 aromatic rings. The van der Waals surface area contributed by atoms with E-state index < -0.39 is 0 Å². The van der Waals surface area contributed by atoms with Crippen LogP contribution in [0.3, 0.4) is 0 Å². The second-order valence-electron chi connectivity index (χ2n) is 6.27. The third-order valence-corrected chi connectivity index (χ3v) is 4.73. The number of hydrogen-bond donors (Lipinski definition) is 3. The summed E-state index contributed by atoms with van der Waals surface area (Å²) >= 11 is 5.65. The van der Waals surface area contributed by atoms with Crippen LogP contribution in [-0.2, 0) is 4.79 Å². The summed E-state index contributed by atoms with van der Waals surface area (Å²) in [5, 5.41) is 6.29. The van der Waals surface area contributed by atoms with E-state index in [-0.39, 0.29) is 23.4 Å². The number of rotatable bonds is 5. The number of nitrogens with zero attached hydrogens (tertiary/aromatic N) is 2. The van der Waals surface area contributed by atoms with E-state index in [4.69, 9.17) is 11.6 Å². The van der Waals surface area contributed by atoms with Gasteiger partial charge in [0.15, 0.2) is 0 Å². The lowest BCUT2D eigenvalue weighted by Gasteiger charge is -2.33. The highest BCUT2D eigenvalue weighted by Crippen LogP contribution is 2.22. The first-order valence-electron chi connectivity index (χ1n) is 8.58. The van der Waals surface area contributed by atoms with Gasteiger partial charge in [0.05, 0.1) is 0 Å². The Morgan fingerprint density at radius 1 is 1.42 bits per heavy atom. The molecule has 1 amide bonds. The molecule has 7 nitrogen and oxygen atoms in total. The molecule has 0 aliphatic carbocycles. The average molecular weight is 376 g/mol. The quantitative estimate of drug-likeness (QED) is 0.696. The number of halogens is 1. The highest BCUT2D eigenvalue weighted by molar-refractivity contribution is 6.27. The van der Waals surface area contributed by atoms with E-state index in [9.17, 15) is 9.59 Å². The van der Waals surface area contributed by atoms with E-state index in [1.165, 1.54) is 0 Å². The third-order valence-electron chi connectivity index (χ3n) is 4.50. The van der Waals surface area contributed by atoms with Gasteiger partial charge in [0.2, 0.25) is 5.91 Å². The van der Waals surface area contributed by atoms with E-state index in [1.54, 1.807) is 17.3 Å². The molecule has 0 aromatic carbocycles. The lowest BCUT2D eigenvalue weighted by Crippen LogP contribution is -2.46. The number of alkyl halides is 1. The van der Waals surface area contributed by atoms with Gasteiger partial charge in [0.25, 0.3) is 5.56 Å². The van der Waals surface area contributed by atoms with Gasteiger partial charge >= 0.3 is 0 Å². The van der Waals surface area contributed by atoms with E-state index in [1.807, 2.05) is 25.2 Å². The molecule has 1 aliphatic rings. The first-order valence-corrected chi connectivity index (χ1v) is 9.11. The molecule has 1 unspecified atom stereocenters. The van der Waals surface area contributed by atoms with E-state index >= 15 is 0 Å². The van der Waals surface area contributed by atoms with Crippen molar-refractivity contribution in [3.05, 3.63) is 40.9 Å². The zero-order valence-electron chi connectivity index (χ0n) is 14.6. The van der Waals surface area contributed by atoms with Crippen molar-refractivity contribution in [2.24, 2.45) is 0 Å². The Hall–Kier alpha value is -2.54. The monoisotopic (exact) mass is 375 g/mol. The number of H-pyrrole nitrogens is 1. The predicted molar refractivity (Wildman–Crippen MR) is 104 cm³/mol. The summed E-state index contributed by atoms with van der Waals surface area (Å²) in [5.41, 5.74) is 2.15. The fourth-order valence-electron chi connectivity index (χ4n) is 3.13. The minimum atomic E-state index is -0.183. The number of aromatic amines is 1. The molecule has 1 saturated heterocycles. The van der Waals surface area contributed by atoms with Crippen molar-refractivity contribution in [3.8, 4) is 11.1 Å². The van der Waals surface area contributed by atoms with Crippen molar-refractivity contribution in [1.29, 1.82) is 0 Å². The summed E-state index contributed by atoms with van der Waals surface area (Å²) in [6, 6.07) is 5.66. The maximum absolute atomic E-state index is 12.2. The molecule has 26 heavy (non-hydrogen) atoms.